The maximum absolute atomic E-state index is 12.8. The average molecular weight is 449 g/mol. The number of hydrogen-bond acceptors (Lipinski definition) is 6. The minimum absolute atomic E-state index is 0.129. The van der Waals surface area contributed by atoms with Gasteiger partial charge in [0, 0.05) is 18.9 Å². The van der Waals surface area contributed by atoms with Gasteiger partial charge in [-0.25, -0.2) is 19.7 Å². The van der Waals surface area contributed by atoms with Crippen LogP contribution in [0.5, 0.6) is 0 Å². The molecule has 8 nitrogen and oxygen atoms in total. The Kier molecular flexibility index (Phi) is 7.52. The molecule has 3 aromatic rings. The van der Waals surface area contributed by atoms with Crippen LogP contribution in [0.25, 0.3) is 11.2 Å². The number of rotatable bonds is 4. The number of carboxylic acid groups (broad SMARTS) is 1. The highest BCUT2D eigenvalue weighted by atomic mass is 19.4. The number of likely N-dealkylation sites (tertiary alicyclic amines) is 1. The van der Waals surface area contributed by atoms with Gasteiger partial charge in [-0.2, -0.15) is 13.2 Å². The largest absolute Gasteiger partial charge is 0.490 e. The SMILES string of the molecule is O=C(O)C(F)(F)F.O=c1c2nccnc2ncn1CC(c1ccccc1)N1CCCCC1. The molecule has 0 saturated carbocycles. The fourth-order valence-electron chi connectivity index (χ4n) is 3.54. The molecule has 3 heterocycles. The van der Waals surface area contributed by atoms with Crippen molar-refractivity contribution < 1.29 is 23.1 Å². The van der Waals surface area contributed by atoms with Gasteiger partial charge in [0.1, 0.15) is 6.33 Å². The molecule has 2 aromatic heterocycles. The van der Waals surface area contributed by atoms with Crippen molar-refractivity contribution in [3.05, 3.63) is 65.0 Å². The van der Waals surface area contributed by atoms with E-state index in [-0.39, 0.29) is 11.6 Å². The smallest absolute Gasteiger partial charge is 0.475 e. The van der Waals surface area contributed by atoms with Crippen molar-refractivity contribution in [3.8, 4) is 0 Å². The molecule has 1 aliphatic rings. The van der Waals surface area contributed by atoms with E-state index in [1.165, 1.54) is 31.0 Å². The first-order valence-corrected chi connectivity index (χ1v) is 10.0. The predicted molar refractivity (Wildman–Crippen MR) is 110 cm³/mol. The number of halogens is 3. The Bertz CT molecular complexity index is 1100. The van der Waals surface area contributed by atoms with Gasteiger partial charge in [-0.05, 0) is 31.5 Å². The van der Waals surface area contributed by atoms with Gasteiger partial charge in [-0.1, -0.05) is 36.8 Å². The van der Waals surface area contributed by atoms with Crippen LogP contribution in [0, 0.1) is 0 Å². The molecular weight excluding hydrogens is 427 g/mol. The number of aromatic nitrogens is 4. The number of piperidine rings is 1. The summed E-state index contributed by atoms with van der Waals surface area (Å²) in [4.78, 5) is 36.7. The van der Waals surface area contributed by atoms with E-state index in [0.717, 1.165) is 13.1 Å². The second kappa shape index (κ2) is 10.3. The molecule has 1 aromatic carbocycles. The Morgan fingerprint density at radius 1 is 1.03 bits per heavy atom. The molecule has 1 saturated heterocycles. The zero-order chi connectivity index (χ0) is 23.1. The molecule has 0 amide bonds. The number of benzene rings is 1. The zero-order valence-corrected chi connectivity index (χ0v) is 17.1. The van der Waals surface area contributed by atoms with E-state index < -0.39 is 12.1 Å². The van der Waals surface area contributed by atoms with Crippen molar-refractivity contribution >= 4 is 17.1 Å². The van der Waals surface area contributed by atoms with Crippen molar-refractivity contribution in [3.63, 3.8) is 0 Å². The van der Waals surface area contributed by atoms with Gasteiger partial charge in [0.25, 0.3) is 5.56 Å². The van der Waals surface area contributed by atoms with Crippen LogP contribution in [-0.2, 0) is 11.3 Å². The van der Waals surface area contributed by atoms with Crippen LogP contribution in [0.15, 0.2) is 53.8 Å². The lowest BCUT2D eigenvalue weighted by atomic mass is 10.0. The average Bonchev–Trinajstić information content (AvgIpc) is 2.80. The third kappa shape index (κ3) is 5.88. The first kappa shape index (κ1) is 23.3. The fourth-order valence-corrected chi connectivity index (χ4v) is 3.54. The lowest BCUT2D eigenvalue weighted by Gasteiger charge is -2.35. The van der Waals surface area contributed by atoms with Gasteiger partial charge in [-0.15, -0.1) is 0 Å². The lowest BCUT2D eigenvalue weighted by molar-refractivity contribution is -0.192. The maximum Gasteiger partial charge on any atom is 0.490 e. The number of aliphatic carboxylic acids is 1. The van der Waals surface area contributed by atoms with Crippen molar-refractivity contribution in [1.82, 2.24) is 24.4 Å². The minimum atomic E-state index is -5.08. The number of nitrogens with zero attached hydrogens (tertiary/aromatic N) is 5. The van der Waals surface area contributed by atoms with Crippen LogP contribution < -0.4 is 5.56 Å². The van der Waals surface area contributed by atoms with E-state index in [1.807, 2.05) is 6.07 Å². The quantitative estimate of drug-likeness (QED) is 0.653. The molecule has 0 aliphatic carbocycles. The highest BCUT2D eigenvalue weighted by Gasteiger charge is 2.38. The van der Waals surface area contributed by atoms with Gasteiger partial charge in [0.15, 0.2) is 11.2 Å². The molecule has 1 aliphatic heterocycles. The van der Waals surface area contributed by atoms with Crippen LogP contribution in [-0.4, -0.2) is 54.8 Å². The Morgan fingerprint density at radius 2 is 1.66 bits per heavy atom. The summed E-state index contributed by atoms with van der Waals surface area (Å²) in [5, 5.41) is 7.12. The summed E-state index contributed by atoms with van der Waals surface area (Å²) < 4.78 is 33.4. The normalized spacial score (nSPS) is 15.6. The highest BCUT2D eigenvalue weighted by molar-refractivity contribution is 5.73. The first-order chi connectivity index (χ1) is 15.3. The van der Waals surface area contributed by atoms with E-state index in [0.29, 0.717) is 17.7 Å². The monoisotopic (exact) mass is 449 g/mol. The number of hydrogen-bond donors (Lipinski definition) is 1. The summed E-state index contributed by atoms with van der Waals surface area (Å²) in [5.74, 6) is -2.76. The topological polar surface area (TPSA) is 101 Å². The summed E-state index contributed by atoms with van der Waals surface area (Å²) in [6, 6.07) is 10.6. The van der Waals surface area contributed by atoms with E-state index in [1.54, 1.807) is 17.1 Å². The Hall–Kier alpha value is -3.34. The Labute approximate surface area is 181 Å². The first-order valence-electron chi connectivity index (χ1n) is 10.0. The second-order valence-electron chi connectivity index (χ2n) is 7.26. The molecule has 1 fully saturated rings. The molecule has 1 unspecified atom stereocenters. The Balaban J connectivity index is 0.000000360. The van der Waals surface area contributed by atoms with Gasteiger partial charge in [-0.3, -0.25) is 14.3 Å². The van der Waals surface area contributed by atoms with Crippen LogP contribution in [0.3, 0.4) is 0 Å². The zero-order valence-electron chi connectivity index (χ0n) is 17.1. The molecule has 32 heavy (non-hydrogen) atoms. The summed E-state index contributed by atoms with van der Waals surface area (Å²) in [5.41, 5.74) is 1.83. The van der Waals surface area contributed by atoms with E-state index in [9.17, 15) is 18.0 Å². The number of alkyl halides is 3. The van der Waals surface area contributed by atoms with Crippen LogP contribution in [0.1, 0.15) is 30.9 Å². The summed E-state index contributed by atoms with van der Waals surface area (Å²) in [6.07, 6.45) is 3.30. The molecular formula is C21H22F3N5O3. The van der Waals surface area contributed by atoms with Crippen molar-refractivity contribution in [2.45, 2.75) is 38.0 Å². The second-order valence-corrected chi connectivity index (χ2v) is 7.26. The van der Waals surface area contributed by atoms with E-state index in [2.05, 4.69) is 44.1 Å². The van der Waals surface area contributed by atoms with Gasteiger partial charge in [0.05, 0.1) is 6.04 Å². The van der Waals surface area contributed by atoms with Gasteiger partial charge in [0.2, 0.25) is 0 Å². The molecule has 11 heteroatoms. The summed E-state index contributed by atoms with van der Waals surface area (Å²) >= 11 is 0. The number of carboxylic acids is 1. The molecule has 4 rings (SSSR count). The Morgan fingerprint density at radius 3 is 2.28 bits per heavy atom. The minimum Gasteiger partial charge on any atom is -0.475 e. The molecule has 1 N–H and O–H groups in total. The maximum atomic E-state index is 12.8. The summed E-state index contributed by atoms with van der Waals surface area (Å²) in [6.45, 7) is 2.70. The molecule has 0 radical (unpaired) electrons. The molecule has 1 atom stereocenters. The van der Waals surface area contributed by atoms with Crippen molar-refractivity contribution in [2.75, 3.05) is 13.1 Å². The predicted octanol–water partition coefficient (Wildman–Crippen LogP) is 3.05. The molecule has 0 spiro atoms. The highest BCUT2D eigenvalue weighted by Crippen LogP contribution is 2.26. The van der Waals surface area contributed by atoms with Crippen molar-refractivity contribution in [1.29, 1.82) is 0 Å². The third-order valence-corrected chi connectivity index (χ3v) is 5.09. The van der Waals surface area contributed by atoms with E-state index in [4.69, 9.17) is 9.90 Å². The van der Waals surface area contributed by atoms with Crippen LogP contribution >= 0.6 is 0 Å². The lowest BCUT2D eigenvalue weighted by Crippen LogP contribution is -2.38. The number of carbonyl (C=O) groups is 1. The van der Waals surface area contributed by atoms with Crippen molar-refractivity contribution in [2.24, 2.45) is 0 Å². The van der Waals surface area contributed by atoms with Crippen LogP contribution in [0.4, 0.5) is 13.2 Å². The molecule has 0 bridgehead atoms. The number of fused-ring (bicyclic) bond motifs is 1. The van der Waals surface area contributed by atoms with Gasteiger partial charge < -0.3 is 5.11 Å². The van der Waals surface area contributed by atoms with E-state index >= 15 is 0 Å². The third-order valence-electron chi connectivity index (χ3n) is 5.09. The van der Waals surface area contributed by atoms with Crippen LogP contribution in [0.2, 0.25) is 0 Å². The standard InChI is InChI=1S/C19H21N5O.C2HF3O2/c25-19-17-18(21-10-9-20-17)22-14-24(19)13-16(15-7-3-1-4-8-15)23-11-5-2-6-12-23;3-2(4,5)1(6)7/h1,3-4,7-10,14,16H,2,5-6,11-13H2;(H,6,7). The summed E-state index contributed by atoms with van der Waals surface area (Å²) in [7, 11) is 0. The fraction of sp³-hybridized carbons (Fsp3) is 0.381. The molecule has 170 valence electrons. The van der Waals surface area contributed by atoms with Gasteiger partial charge >= 0.3 is 12.1 Å².